The third-order valence-corrected chi connectivity index (χ3v) is 2.33. The van der Waals surface area contributed by atoms with E-state index in [1.807, 2.05) is 0 Å². The van der Waals surface area contributed by atoms with Gasteiger partial charge in [-0.3, -0.25) is 4.79 Å². The number of anilines is 1. The van der Waals surface area contributed by atoms with E-state index in [0.717, 1.165) is 0 Å². The summed E-state index contributed by atoms with van der Waals surface area (Å²) in [5.74, 6) is 0.0486. The van der Waals surface area contributed by atoms with Gasteiger partial charge in [0.1, 0.15) is 11.5 Å². The molecule has 1 rings (SSSR count). The fourth-order valence-electron chi connectivity index (χ4n) is 1.41. The molecule has 0 saturated heterocycles. The normalized spacial score (nSPS) is 10.2. The molecule has 6 heteroatoms. The summed E-state index contributed by atoms with van der Waals surface area (Å²) in [7, 11) is 3.02. The summed E-state index contributed by atoms with van der Waals surface area (Å²) >= 11 is 0. The lowest BCUT2D eigenvalue weighted by atomic mass is 10.2. The van der Waals surface area contributed by atoms with Crippen molar-refractivity contribution in [2.24, 2.45) is 0 Å². The van der Waals surface area contributed by atoms with E-state index in [4.69, 9.17) is 14.2 Å². The first-order valence-corrected chi connectivity index (χ1v) is 5.92. The van der Waals surface area contributed by atoms with Gasteiger partial charge in [0.25, 0.3) is 5.91 Å². The molecule has 0 aliphatic heterocycles. The number of amides is 1. The number of methoxy groups -OCH3 is 2. The van der Waals surface area contributed by atoms with E-state index in [-0.39, 0.29) is 6.61 Å². The molecule has 0 fully saturated rings. The number of hydrogen-bond donors (Lipinski definition) is 1. The molecular formula is C14H17NO5. The van der Waals surface area contributed by atoms with Crippen LogP contribution in [0.4, 0.5) is 5.69 Å². The van der Waals surface area contributed by atoms with Gasteiger partial charge in [-0.1, -0.05) is 6.08 Å². The Bertz CT molecular complexity index is 510. The zero-order valence-corrected chi connectivity index (χ0v) is 11.6. The Kier molecular flexibility index (Phi) is 6.09. The zero-order valence-electron chi connectivity index (χ0n) is 11.6. The van der Waals surface area contributed by atoms with Crippen molar-refractivity contribution in [1.82, 2.24) is 0 Å². The average molecular weight is 279 g/mol. The smallest absolute Gasteiger partial charge is 0.330 e. The molecule has 1 amide bonds. The predicted octanol–water partition coefficient (Wildman–Crippen LogP) is 1.76. The molecule has 1 aromatic carbocycles. The van der Waals surface area contributed by atoms with E-state index >= 15 is 0 Å². The highest BCUT2D eigenvalue weighted by molar-refractivity contribution is 5.95. The quantitative estimate of drug-likeness (QED) is 0.634. The number of carbonyl (C=O) groups is 2. The fourth-order valence-corrected chi connectivity index (χ4v) is 1.41. The molecule has 1 N–H and O–H groups in total. The maximum absolute atomic E-state index is 11.6. The third-order valence-electron chi connectivity index (χ3n) is 2.33. The van der Waals surface area contributed by atoms with Crippen LogP contribution < -0.4 is 14.8 Å². The molecule has 0 radical (unpaired) electrons. The number of carbonyl (C=O) groups excluding carboxylic acids is 2. The Hall–Kier alpha value is -2.50. The van der Waals surface area contributed by atoms with E-state index in [9.17, 15) is 9.59 Å². The lowest BCUT2D eigenvalue weighted by molar-refractivity contribution is -0.142. The number of esters is 1. The summed E-state index contributed by atoms with van der Waals surface area (Å²) in [5, 5.41) is 2.59. The first-order valence-electron chi connectivity index (χ1n) is 5.92. The first kappa shape index (κ1) is 15.6. The minimum absolute atomic E-state index is 0.363. The van der Waals surface area contributed by atoms with Crippen molar-refractivity contribution in [1.29, 1.82) is 0 Å². The van der Waals surface area contributed by atoms with Gasteiger partial charge in [0.15, 0.2) is 6.61 Å². The van der Waals surface area contributed by atoms with Gasteiger partial charge in [-0.2, -0.15) is 0 Å². The molecule has 0 bridgehead atoms. The molecule has 0 aliphatic carbocycles. The van der Waals surface area contributed by atoms with Crippen molar-refractivity contribution in [3.8, 4) is 11.5 Å². The number of allylic oxidation sites excluding steroid dienone is 1. The van der Waals surface area contributed by atoms with Crippen molar-refractivity contribution in [3.63, 3.8) is 0 Å². The summed E-state index contributed by atoms with van der Waals surface area (Å²) in [6, 6.07) is 4.97. The van der Waals surface area contributed by atoms with Gasteiger partial charge in [-0.05, 0) is 19.1 Å². The summed E-state index contributed by atoms with van der Waals surface area (Å²) in [4.78, 5) is 22.7. The van der Waals surface area contributed by atoms with Gasteiger partial charge < -0.3 is 19.5 Å². The second-order valence-electron chi connectivity index (χ2n) is 3.72. The van der Waals surface area contributed by atoms with Crippen molar-refractivity contribution < 1.29 is 23.8 Å². The molecule has 0 heterocycles. The van der Waals surface area contributed by atoms with Crippen LogP contribution in [0.1, 0.15) is 6.92 Å². The maximum atomic E-state index is 11.6. The number of ether oxygens (including phenoxy) is 3. The van der Waals surface area contributed by atoms with Gasteiger partial charge in [-0.15, -0.1) is 0 Å². The Morgan fingerprint density at radius 1 is 1.25 bits per heavy atom. The van der Waals surface area contributed by atoms with Crippen molar-refractivity contribution >= 4 is 17.6 Å². The summed E-state index contributed by atoms with van der Waals surface area (Å²) in [6.07, 6.45) is 2.77. The topological polar surface area (TPSA) is 73.9 Å². The minimum atomic E-state index is -0.565. The molecule has 0 spiro atoms. The van der Waals surface area contributed by atoms with Crippen LogP contribution in [-0.2, 0) is 14.3 Å². The fraction of sp³-hybridized carbons (Fsp3) is 0.286. The van der Waals surface area contributed by atoms with E-state index < -0.39 is 11.9 Å². The molecule has 0 unspecified atom stereocenters. The summed E-state index contributed by atoms with van der Waals surface area (Å²) < 4.78 is 14.9. The second-order valence-corrected chi connectivity index (χ2v) is 3.72. The highest BCUT2D eigenvalue weighted by Crippen LogP contribution is 2.28. The number of rotatable bonds is 6. The molecule has 0 aliphatic rings. The molecule has 20 heavy (non-hydrogen) atoms. The van der Waals surface area contributed by atoms with Gasteiger partial charge in [0.05, 0.1) is 19.9 Å². The van der Waals surface area contributed by atoms with Gasteiger partial charge >= 0.3 is 5.97 Å². The minimum Gasteiger partial charge on any atom is -0.497 e. The van der Waals surface area contributed by atoms with Crippen molar-refractivity contribution in [2.75, 3.05) is 26.1 Å². The Labute approximate surface area is 117 Å². The molecule has 0 aromatic heterocycles. The van der Waals surface area contributed by atoms with Gasteiger partial charge in [0, 0.05) is 12.1 Å². The van der Waals surface area contributed by atoms with Crippen molar-refractivity contribution in [3.05, 3.63) is 30.4 Å². The number of nitrogens with one attached hydrogen (secondary N) is 1. The van der Waals surface area contributed by atoms with Crippen LogP contribution in [0, 0.1) is 0 Å². The van der Waals surface area contributed by atoms with Crippen LogP contribution in [-0.4, -0.2) is 32.7 Å². The monoisotopic (exact) mass is 279 g/mol. The van der Waals surface area contributed by atoms with Crippen molar-refractivity contribution in [2.45, 2.75) is 6.92 Å². The zero-order chi connectivity index (χ0) is 15.0. The van der Waals surface area contributed by atoms with Crippen LogP contribution in [0.25, 0.3) is 0 Å². The molecule has 0 saturated carbocycles. The van der Waals surface area contributed by atoms with E-state index in [1.54, 1.807) is 25.1 Å². The van der Waals surface area contributed by atoms with E-state index in [2.05, 4.69) is 5.32 Å². The van der Waals surface area contributed by atoms with Gasteiger partial charge in [0.2, 0.25) is 0 Å². The highest BCUT2D eigenvalue weighted by Gasteiger charge is 2.10. The number of hydrogen-bond acceptors (Lipinski definition) is 5. The summed E-state index contributed by atoms with van der Waals surface area (Å²) in [6.45, 7) is 1.32. The largest absolute Gasteiger partial charge is 0.497 e. The van der Waals surface area contributed by atoms with Crippen LogP contribution in [0.5, 0.6) is 11.5 Å². The van der Waals surface area contributed by atoms with Crippen LogP contribution in [0.2, 0.25) is 0 Å². The third kappa shape index (κ3) is 4.64. The molecule has 0 atom stereocenters. The first-order chi connectivity index (χ1) is 9.60. The standard InChI is InChI=1S/C14H17NO5/c1-4-5-14(17)20-9-13(16)15-11-7-6-10(18-2)8-12(11)19-3/h4-8H,9H2,1-3H3,(H,15,16)/b5-4+. The number of benzene rings is 1. The predicted molar refractivity (Wildman–Crippen MR) is 73.9 cm³/mol. The van der Waals surface area contributed by atoms with E-state index in [0.29, 0.717) is 17.2 Å². The molecule has 1 aromatic rings. The lowest BCUT2D eigenvalue weighted by Gasteiger charge is -2.11. The summed E-state index contributed by atoms with van der Waals surface area (Å²) in [5.41, 5.74) is 0.473. The van der Waals surface area contributed by atoms with Crippen LogP contribution >= 0.6 is 0 Å². The van der Waals surface area contributed by atoms with Crippen LogP contribution in [0.3, 0.4) is 0 Å². The maximum Gasteiger partial charge on any atom is 0.330 e. The highest BCUT2D eigenvalue weighted by atomic mass is 16.5. The van der Waals surface area contributed by atoms with Crippen LogP contribution in [0.15, 0.2) is 30.4 Å². The second kappa shape index (κ2) is 7.83. The SMILES string of the molecule is C/C=C/C(=O)OCC(=O)Nc1ccc(OC)cc1OC. The molecular weight excluding hydrogens is 262 g/mol. The Morgan fingerprint density at radius 2 is 2.00 bits per heavy atom. The Morgan fingerprint density at radius 3 is 2.60 bits per heavy atom. The van der Waals surface area contributed by atoms with Gasteiger partial charge in [-0.25, -0.2) is 4.79 Å². The molecule has 108 valence electrons. The Balaban J connectivity index is 2.63. The lowest BCUT2D eigenvalue weighted by Crippen LogP contribution is -2.20. The molecule has 6 nitrogen and oxygen atoms in total. The average Bonchev–Trinajstić information content (AvgIpc) is 2.46. The van der Waals surface area contributed by atoms with E-state index in [1.165, 1.54) is 26.4 Å².